The van der Waals surface area contributed by atoms with Crippen LogP contribution in [0.2, 0.25) is 0 Å². The molecule has 2 N–H and O–H groups in total. The van der Waals surface area contributed by atoms with E-state index < -0.39 is 16.0 Å². The van der Waals surface area contributed by atoms with Crippen molar-refractivity contribution in [3.63, 3.8) is 0 Å². The molecule has 0 heterocycles. The van der Waals surface area contributed by atoms with Gasteiger partial charge in [-0.1, -0.05) is 13.3 Å². The molecule has 0 aliphatic rings. The second-order valence-corrected chi connectivity index (χ2v) is 7.90. The molecule has 0 atom stereocenters. The molecule has 0 saturated carbocycles. The van der Waals surface area contributed by atoms with Gasteiger partial charge in [0.25, 0.3) is 10.0 Å². The molecular formula is C20H24N2O6S. The zero-order valence-corrected chi connectivity index (χ0v) is 17.3. The quantitative estimate of drug-likeness (QED) is 0.475. The van der Waals surface area contributed by atoms with Gasteiger partial charge in [0.2, 0.25) is 5.91 Å². The Morgan fingerprint density at radius 2 is 1.76 bits per heavy atom. The number of esters is 1. The van der Waals surface area contributed by atoms with E-state index in [1.54, 1.807) is 0 Å². The molecule has 2 aromatic carbocycles. The lowest BCUT2D eigenvalue weighted by atomic mass is 10.2. The number of carbonyl (C=O) groups excluding carboxylic acids is 2. The summed E-state index contributed by atoms with van der Waals surface area (Å²) >= 11 is 0. The summed E-state index contributed by atoms with van der Waals surface area (Å²) in [6.45, 7) is 3.69. The summed E-state index contributed by atoms with van der Waals surface area (Å²) in [5.41, 5.74) is 0.996. The van der Waals surface area contributed by atoms with Crippen molar-refractivity contribution in [3.8, 4) is 5.75 Å². The minimum Gasteiger partial charge on any atom is -0.495 e. The molecule has 8 nitrogen and oxygen atoms in total. The predicted octanol–water partition coefficient (Wildman–Crippen LogP) is 3.41. The lowest BCUT2D eigenvalue weighted by Gasteiger charge is -2.13. The number of benzene rings is 2. The minimum absolute atomic E-state index is 0.0356. The van der Waals surface area contributed by atoms with Crippen molar-refractivity contribution in [2.75, 3.05) is 23.8 Å². The van der Waals surface area contributed by atoms with Crippen LogP contribution in [-0.2, 0) is 19.6 Å². The van der Waals surface area contributed by atoms with E-state index in [1.807, 2.05) is 6.92 Å². The molecule has 9 heteroatoms. The lowest BCUT2D eigenvalue weighted by Crippen LogP contribution is -2.14. The van der Waals surface area contributed by atoms with Crippen LogP contribution in [0, 0.1) is 0 Å². The summed E-state index contributed by atoms with van der Waals surface area (Å²) in [6, 6.07) is 10.1. The van der Waals surface area contributed by atoms with Crippen LogP contribution in [0.15, 0.2) is 47.4 Å². The molecule has 0 saturated heterocycles. The second-order valence-electron chi connectivity index (χ2n) is 6.22. The second kappa shape index (κ2) is 9.92. The number of sulfonamides is 1. The minimum atomic E-state index is -3.90. The molecule has 0 aliphatic heterocycles. The maximum absolute atomic E-state index is 12.7. The Labute approximate surface area is 170 Å². The Morgan fingerprint density at radius 1 is 1.07 bits per heavy atom. The Balaban J connectivity index is 2.14. The van der Waals surface area contributed by atoms with Gasteiger partial charge in [-0.05, 0) is 42.8 Å². The maximum atomic E-state index is 12.7. The van der Waals surface area contributed by atoms with E-state index in [0.29, 0.717) is 23.5 Å². The van der Waals surface area contributed by atoms with Crippen LogP contribution in [-0.4, -0.2) is 34.0 Å². The fourth-order valence-corrected chi connectivity index (χ4v) is 3.49. The fourth-order valence-electron chi connectivity index (χ4n) is 2.41. The first-order chi connectivity index (χ1) is 13.8. The van der Waals surface area contributed by atoms with Crippen molar-refractivity contribution < 1.29 is 27.5 Å². The summed E-state index contributed by atoms with van der Waals surface area (Å²) in [4.78, 5) is 23.1. The van der Waals surface area contributed by atoms with E-state index in [4.69, 9.17) is 9.47 Å². The number of unbranched alkanes of at least 4 members (excludes halogenated alkanes) is 1. The van der Waals surface area contributed by atoms with E-state index >= 15 is 0 Å². The van der Waals surface area contributed by atoms with Gasteiger partial charge in [-0.25, -0.2) is 13.2 Å². The van der Waals surface area contributed by atoms with Gasteiger partial charge in [-0.2, -0.15) is 0 Å². The van der Waals surface area contributed by atoms with Crippen LogP contribution in [0.1, 0.15) is 37.0 Å². The maximum Gasteiger partial charge on any atom is 0.338 e. The number of amides is 1. The van der Waals surface area contributed by atoms with Crippen LogP contribution < -0.4 is 14.8 Å². The van der Waals surface area contributed by atoms with Crippen LogP contribution in [0.25, 0.3) is 0 Å². The summed E-state index contributed by atoms with van der Waals surface area (Å²) in [6.07, 6.45) is 1.71. The Hall–Kier alpha value is -3.07. The van der Waals surface area contributed by atoms with Gasteiger partial charge in [0.15, 0.2) is 0 Å². The van der Waals surface area contributed by atoms with E-state index in [9.17, 15) is 18.0 Å². The third-order valence-electron chi connectivity index (χ3n) is 3.90. The number of ether oxygens (including phenoxy) is 2. The standard InChI is InChI=1S/C20H24N2O6S/c1-4-5-12-28-20(24)15-6-8-16(9-7-15)22-29(25,26)17-10-11-18(21-14(2)23)19(13-17)27-3/h6-11,13,22H,4-5,12H2,1-3H3,(H,21,23). The van der Waals surface area contributed by atoms with Crippen molar-refractivity contribution in [3.05, 3.63) is 48.0 Å². The molecule has 2 aromatic rings. The Bertz CT molecular complexity index is 971. The van der Waals surface area contributed by atoms with Crippen LogP contribution >= 0.6 is 0 Å². The van der Waals surface area contributed by atoms with Gasteiger partial charge < -0.3 is 14.8 Å². The first-order valence-electron chi connectivity index (χ1n) is 9.02. The van der Waals surface area contributed by atoms with Crippen molar-refractivity contribution in [2.24, 2.45) is 0 Å². The first kappa shape index (κ1) is 22.2. The van der Waals surface area contributed by atoms with E-state index in [2.05, 4.69) is 10.0 Å². The topological polar surface area (TPSA) is 111 Å². The zero-order valence-electron chi connectivity index (χ0n) is 16.5. The molecule has 0 bridgehead atoms. The van der Waals surface area contributed by atoms with Gasteiger partial charge in [0, 0.05) is 18.7 Å². The molecule has 0 unspecified atom stereocenters. The SMILES string of the molecule is CCCCOC(=O)c1ccc(NS(=O)(=O)c2ccc(NC(C)=O)c(OC)c2)cc1. The average Bonchev–Trinajstić information content (AvgIpc) is 2.68. The smallest absolute Gasteiger partial charge is 0.338 e. The highest BCUT2D eigenvalue weighted by molar-refractivity contribution is 7.92. The van der Waals surface area contributed by atoms with Crippen LogP contribution in [0.4, 0.5) is 11.4 Å². The van der Waals surface area contributed by atoms with E-state index in [1.165, 1.54) is 56.5 Å². The number of hydrogen-bond acceptors (Lipinski definition) is 6. The highest BCUT2D eigenvalue weighted by Gasteiger charge is 2.18. The summed E-state index contributed by atoms with van der Waals surface area (Å²) in [5, 5.41) is 2.56. The van der Waals surface area contributed by atoms with Gasteiger partial charge >= 0.3 is 5.97 Å². The first-order valence-corrected chi connectivity index (χ1v) is 10.5. The van der Waals surface area contributed by atoms with Gasteiger partial charge in [0.1, 0.15) is 5.75 Å². The Kier molecular flexibility index (Phi) is 7.60. The number of methoxy groups -OCH3 is 1. The van der Waals surface area contributed by atoms with Crippen molar-refractivity contribution in [1.29, 1.82) is 0 Å². The van der Waals surface area contributed by atoms with Crippen LogP contribution in [0.5, 0.6) is 5.75 Å². The average molecular weight is 420 g/mol. The number of rotatable bonds is 9. The van der Waals surface area contributed by atoms with Gasteiger partial charge in [-0.15, -0.1) is 0 Å². The molecule has 2 rings (SSSR count). The predicted molar refractivity (Wildman–Crippen MR) is 110 cm³/mol. The fraction of sp³-hybridized carbons (Fsp3) is 0.300. The molecule has 29 heavy (non-hydrogen) atoms. The summed E-state index contributed by atoms with van der Waals surface area (Å²) < 4.78 is 38.0. The Morgan fingerprint density at radius 3 is 2.34 bits per heavy atom. The molecule has 0 spiro atoms. The summed E-state index contributed by atoms with van der Waals surface area (Å²) in [5.74, 6) is -0.537. The molecule has 1 amide bonds. The largest absolute Gasteiger partial charge is 0.495 e. The third-order valence-corrected chi connectivity index (χ3v) is 5.28. The summed E-state index contributed by atoms with van der Waals surface area (Å²) in [7, 11) is -2.52. The molecule has 156 valence electrons. The van der Waals surface area contributed by atoms with E-state index in [-0.39, 0.29) is 16.6 Å². The zero-order chi connectivity index (χ0) is 21.4. The third kappa shape index (κ3) is 6.21. The van der Waals surface area contributed by atoms with Crippen molar-refractivity contribution >= 4 is 33.3 Å². The van der Waals surface area contributed by atoms with Crippen molar-refractivity contribution in [1.82, 2.24) is 0 Å². The highest BCUT2D eigenvalue weighted by atomic mass is 32.2. The number of nitrogens with one attached hydrogen (secondary N) is 2. The van der Waals surface area contributed by atoms with Gasteiger partial charge in [-0.3, -0.25) is 9.52 Å². The monoisotopic (exact) mass is 420 g/mol. The normalized spacial score (nSPS) is 10.9. The van der Waals surface area contributed by atoms with Gasteiger partial charge in [0.05, 0.1) is 29.9 Å². The van der Waals surface area contributed by atoms with E-state index in [0.717, 1.165) is 12.8 Å². The number of carbonyl (C=O) groups is 2. The molecule has 0 aliphatic carbocycles. The van der Waals surface area contributed by atoms with Crippen molar-refractivity contribution in [2.45, 2.75) is 31.6 Å². The number of hydrogen-bond donors (Lipinski definition) is 2. The molecule has 0 fully saturated rings. The molecular weight excluding hydrogens is 396 g/mol. The lowest BCUT2D eigenvalue weighted by molar-refractivity contribution is -0.114. The molecule has 0 aromatic heterocycles. The number of anilines is 2. The molecule has 0 radical (unpaired) electrons. The van der Waals surface area contributed by atoms with Crippen LogP contribution in [0.3, 0.4) is 0 Å². The highest BCUT2D eigenvalue weighted by Crippen LogP contribution is 2.28.